The van der Waals surface area contributed by atoms with Crippen molar-refractivity contribution in [2.24, 2.45) is 0 Å². The summed E-state index contributed by atoms with van der Waals surface area (Å²) in [5.41, 5.74) is 5.95. The number of rotatable bonds is 2. The minimum atomic E-state index is 1.16. The molecular formula is C28H22N2. The fourth-order valence-corrected chi connectivity index (χ4v) is 4.22. The average molecular weight is 386 g/mol. The molecule has 1 N–H and O–H groups in total. The summed E-state index contributed by atoms with van der Waals surface area (Å²) in [6.45, 7) is 7.70. The van der Waals surface area contributed by atoms with Crippen LogP contribution in [0, 0.1) is 0 Å². The lowest BCUT2D eigenvalue weighted by Crippen LogP contribution is -1.82. The number of benzene rings is 4. The standard InChI is InChI=1S/2C14H11N/c1-2-15-13-9-5-3-7-11(13)12-8-4-6-10-14(12)15;1-2-10-6-5-8-12-11-7-3-4-9-13(11)15-14(10)12/h2-10H,1H2;2-9,15H,1H2. The maximum atomic E-state index is 3.87. The van der Waals surface area contributed by atoms with Gasteiger partial charge in [-0.2, -0.15) is 0 Å². The van der Waals surface area contributed by atoms with Gasteiger partial charge in [-0.15, -0.1) is 0 Å². The van der Waals surface area contributed by atoms with E-state index in [-0.39, 0.29) is 0 Å². The Hall–Kier alpha value is -4.04. The van der Waals surface area contributed by atoms with Crippen molar-refractivity contribution >= 4 is 55.9 Å². The van der Waals surface area contributed by atoms with E-state index in [2.05, 4.69) is 108 Å². The molecule has 0 amide bonds. The molecule has 0 saturated heterocycles. The Bertz CT molecular complexity index is 1470. The predicted octanol–water partition coefficient (Wildman–Crippen LogP) is 7.86. The van der Waals surface area contributed by atoms with E-state index in [9.17, 15) is 0 Å². The van der Waals surface area contributed by atoms with Gasteiger partial charge < -0.3 is 9.55 Å². The van der Waals surface area contributed by atoms with Crippen molar-refractivity contribution in [1.82, 2.24) is 9.55 Å². The predicted molar refractivity (Wildman–Crippen MR) is 132 cm³/mol. The molecule has 6 rings (SSSR count). The normalized spacial score (nSPS) is 10.9. The maximum absolute atomic E-state index is 3.87. The summed E-state index contributed by atoms with van der Waals surface area (Å²) >= 11 is 0. The number of aromatic amines is 1. The molecule has 0 spiro atoms. The molecule has 0 radical (unpaired) electrons. The second-order valence-corrected chi connectivity index (χ2v) is 7.23. The van der Waals surface area contributed by atoms with E-state index >= 15 is 0 Å². The molecule has 2 aromatic heterocycles. The van der Waals surface area contributed by atoms with Gasteiger partial charge in [-0.25, -0.2) is 0 Å². The zero-order chi connectivity index (χ0) is 20.5. The fraction of sp³-hybridized carbons (Fsp3) is 0. The highest BCUT2D eigenvalue weighted by atomic mass is 14.9. The van der Waals surface area contributed by atoms with Crippen molar-refractivity contribution in [2.75, 3.05) is 0 Å². The van der Waals surface area contributed by atoms with E-state index in [4.69, 9.17) is 0 Å². The van der Waals surface area contributed by atoms with Crippen molar-refractivity contribution < 1.29 is 0 Å². The third-order valence-electron chi connectivity index (χ3n) is 5.59. The van der Waals surface area contributed by atoms with Gasteiger partial charge in [-0.3, -0.25) is 0 Å². The summed E-state index contributed by atoms with van der Waals surface area (Å²) in [7, 11) is 0. The molecule has 6 aromatic rings. The first-order valence-electron chi connectivity index (χ1n) is 10.0. The number of H-pyrrole nitrogens is 1. The van der Waals surface area contributed by atoms with Gasteiger partial charge in [0.15, 0.2) is 0 Å². The van der Waals surface area contributed by atoms with Gasteiger partial charge in [0.25, 0.3) is 0 Å². The minimum absolute atomic E-state index is 1.16. The molecule has 2 heterocycles. The molecule has 30 heavy (non-hydrogen) atoms. The molecule has 0 fully saturated rings. The smallest absolute Gasteiger partial charge is 0.0538 e. The summed E-state index contributed by atoms with van der Waals surface area (Å²) in [4.78, 5) is 3.43. The zero-order valence-electron chi connectivity index (χ0n) is 16.7. The van der Waals surface area contributed by atoms with Crippen molar-refractivity contribution in [1.29, 1.82) is 0 Å². The number of fused-ring (bicyclic) bond motifs is 6. The average Bonchev–Trinajstić information content (AvgIpc) is 3.35. The Morgan fingerprint density at radius 2 is 1.17 bits per heavy atom. The summed E-state index contributed by atoms with van der Waals surface area (Å²) in [6.07, 6.45) is 3.75. The molecular weight excluding hydrogens is 364 g/mol. The number of hydrogen-bond acceptors (Lipinski definition) is 0. The molecule has 0 saturated carbocycles. The van der Waals surface area contributed by atoms with Gasteiger partial charge in [0.1, 0.15) is 0 Å². The highest BCUT2D eigenvalue weighted by Crippen LogP contribution is 2.29. The van der Waals surface area contributed by atoms with Crippen LogP contribution in [0.3, 0.4) is 0 Å². The Morgan fingerprint density at radius 3 is 1.80 bits per heavy atom. The van der Waals surface area contributed by atoms with E-state index in [1.165, 1.54) is 43.6 Å². The monoisotopic (exact) mass is 386 g/mol. The van der Waals surface area contributed by atoms with Crippen LogP contribution in [0.2, 0.25) is 0 Å². The third-order valence-corrected chi connectivity index (χ3v) is 5.59. The van der Waals surface area contributed by atoms with Crippen LogP contribution in [-0.4, -0.2) is 9.55 Å². The molecule has 144 valence electrons. The lowest BCUT2D eigenvalue weighted by atomic mass is 10.1. The quantitative estimate of drug-likeness (QED) is 0.313. The molecule has 0 aliphatic carbocycles. The SMILES string of the molecule is C=Cc1cccc2c1[nH]c1ccccc12.C=Cn1c2ccccc2c2ccccc21. The van der Waals surface area contributed by atoms with Gasteiger partial charge in [0.05, 0.1) is 16.6 Å². The first-order chi connectivity index (χ1) is 14.8. The maximum Gasteiger partial charge on any atom is 0.0538 e. The second kappa shape index (κ2) is 7.41. The number of nitrogens with one attached hydrogen (secondary N) is 1. The lowest BCUT2D eigenvalue weighted by Gasteiger charge is -1.97. The first-order valence-corrected chi connectivity index (χ1v) is 10.0. The van der Waals surface area contributed by atoms with Gasteiger partial charge in [-0.1, -0.05) is 92.0 Å². The van der Waals surface area contributed by atoms with Crippen LogP contribution in [0.5, 0.6) is 0 Å². The van der Waals surface area contributed by atoms with Crippen LogP contribution in [0.25, 0.3) is 55.9 Å². The van der Waals surface area contributed by atoms with Crippen molar-refractivity contribution in [3.63, 3.8) is 0 Å². The van der Waals surface area contributed by atoms with Gasteiger partial charge in [0.2, 0.25) is 0 Å². The summed E-state index contributed by atoms with van der Waals surface area (Å²) in [6, 6.07) is 31.4. The highest BCUT2D eigenvalue weighted by molar-refractivity contribution is 6.10. The topological polar surface area (TPSA) is 20.7 Å². The molecule has 0 atom stereocenters. The number of hydrogen-bond donors (Lipinski definition) is 1. The Kier molecular flexibility index (Phi) is 4.45. The van der Waals surface area contributed by atoms with Crippen LogP contribution < -0.4 is 0 Å². The van der Waals surface area contributed by atoms with Crippen LogP contribution in [0.15, 0.2) is 104 Å². The Morgan fingerprint density at radius 1 is 0.600 bits per heavy atom. The minimum Gasteiger partial charge on any atom is -0.354 e. The molecule has 0 aliphatic heterocycles. The van der Waals surface area contributed by atoms with Crippen LogP contribution >= 0.6 is 0 Å². The van der Waals surface area contributed by atoms with Crippen LogP contribution in [-0.2, 0) is 0 Å². The van der Waals surface area contributed by atoms with E-state index in [1.807, 2.05) is 18.3 Å². The lowest BCUT2D eigenvalue weighted by molar-refractivity contribution is 1.30. The molecule has 0 unspecified atom stereocenters. The summed E-state index contributed by atoms with van der Waals surface area (Å²) < 4.78 is 2.13. The fourth-order valence-electron chi connectivity index (χ4n) is 4.22. The van der Waals surface area contributed by atoms with E-state index in [0.29, 0.717) is 0 Å². The van der Waals surface area contributed by atoms with Gasteiger partial charge >= 0.3 is 0 Å². The third kappa shape index (κ3) is 2.82. The molecule has 2 heteroatoms. The summed E-state index contributed by atoms with van der Waals surface area (Å²) in [5.74, 6) is 0. The Balaban J connectivity index is 0.000000128. The summed E-state index contributed by atoms with van der Waals surface area (Å²) in [5, 5.41) is 5.11. The molecule has 2 nitrogen and oxygen atoms in total. The van der Waals surface area contributed by atoms with Crippen molar-refractivity contribution in [3.05, 3.63) is 110 Å². The number of aromatic nitrogens is 2. The Labute approximate surface area is 175 Å². The number of nitrogens with zero attached hydrogens (tertiary/aromatic N) is 1. The highest BCUT2D eigenvalue weighted by Gasteiger charge is 2.06. The van der Waals surface area contributed by atoms with Crippen LogP contribution in [0.1, 0.15) is 5.56 Å². The van der Waals surface area contributed by atoms with Crippen molar-refractivity contribution in [2.45, 2.75) is 0 Å². The van der Waals surface area contributed by atoms with E-state index < -0.39 is 0 Å². The molecule has 4 aromatic carbocycles. The van der Waals surface area contributed by atoms with Crippen molar-refractivity contribution in [3.8, 4) is 0 Å². The van der Waals surface area contributed by atoms with E-state index in [1.54, 1.807) is 0 Å². The van der Waals surface area contributed by atoms with E-state index in [0.717, 1.165) is 5.56 Å². The second-order valence-electron chi connectivity index (χ2n) is 7.23. The largest absolute Gasteiger partial charge is 0.354 e. The number of para-hydroxylation sites is 4. The molecule has 0 aliphatic rings. The van der Waals surface area contributed by atoms with Gasteiger partial charge in [0, 0.05) is 33.3 Å². The first kappa shape index (κ1) is 18.0. The molecule has 0 bridgehead atoms. The zero-order valence-corrected chi connectivity index (χ0v) is 16.7. The van der Waals surface area contributed by atoms with Crippen LogP contribution in [0.4, 0.5) is 0 Å². The van der Waals surface area contributed by atoms with Gasteiger partial charge in [-0.05, 0) is 23.8 Å².